The Balaban J connectivity index is 1.94. The van der Waals surface area contributed by atoms with Crippen LogP contribution in [0.2, 0.25) is 0 Å². The van der Waals surface area contributed by atoms with Gasteiger partial charge < -0.3 is 10.0 Å². The van der Waals surface area contributed by atoms with Crippen LogP contribution in [0.3, 0.4) is 0 Å². The lowest BCUT2D eigenvalue weighted by Crippen LogP contribution is -2.56. The highest BCUT2D eigenvalue weighted by Gasteiger charge is 2.44. The number of amides is 1. The second kappa shape index (κ2) is 5.51. The van der Waals surface area contributed by atoms with Gasteiger partial charge >= 0.3 is 5.97 Å². The Morgan fingerprint density at radius 1 is 1.19 bits per heavy atom. The van der Waals surface area contributed by atoms with E-state index in [1.165, 1.54) is 0 Å². The molecule has 0 unspecified atom stereocenters. The molecule has 1 aromatic carbocycles. The summed E-state index contributed by atoms with van der Waals surface area (Å²) < 4.78 is 0. The fourth-order valence-electron chi connectivity index (χ4n) is 3.91. The number of benzene rings is 1. The number of carboxylic acid groups (broad SMARTS) is 1. The number of carbonyl (C=O) groups excluding carboxylic acids is 1. The van der Waals surface area contributed by atoms with Gasteiger partial charge in [-0.05, 0) is 30.9 Å². The van der Waals surface area contributed by atoms with Crippen molar-refractivity contribution in [2.24, 2.45) is 0 Å². The number of rotatable bonds is 3. The van der Waals surface area contributed by atoms with E-state index in [2.05, 4.69) is 0 Å². The normalized spacial score (nSPS) is 21.0. The molecule has 3 rings (SSSR count). The lowest BCUT2D eigenvalue weighted by atomic mass is 9.76. The molecule has 0 atom stereocenters. The van der Waals surface area contributed by atoms with Crippen molar-refractivity contribution in [3.05, 3.63) is 35.4 Å². The summed E-state index contributed by atoms with van der Waals surface area (Å²) in [6.07, 6.45) is 5.68. The van der Waals surface area contributed by atoms with E-state index in [4.69, 9.17) is 0 Å². The van der Waals surface area contributed by atoms with Crippen molar-refractivity contribution in [3.8, 4) is 0 Å². The molecule has 1 aliphatic heterocycles. The lowest BCUT2D eigenvalue weighted by molar-refractivity contribution is -0.140. The molecule has 1 fully saturated rings. The smallest absolute Gasteiger partial charge is 0.305 e. The Labute approximate surface area is 124 Å². The maximum Gasteiger partial charge on any atom is 0.305 e. The first-order chi connectivity index (χ1) is 10.1. The Hall–Kier alpha value is -1.84. The Morgan fingerprint density at radius 2 is 1.90 bits per heavy atom. The number of carbonyl (C=O) groups is 2. The minimum Gasteiger partial charge on any atom is -0.481 e. The summed E-state index contributed by atoms with van der Waals surface area (Å²) in [6, 6.07) is 7.69. The van der Waals surface area contributed by atoms with Crippen LogP contribution >= 0.6 is 0 Å². The van der Waals surface area contributed by atoms with Gasteiger partial charge in [-0.15, -0.1) is 0 Å². The fraction of sp³-hybridized carbons (Fsp3) is 0.529. The molecule has 1 amide bonds. The molecule has 4 nitrogen and oxygen atoms in total. The van der Waals surface area contributed by atoms with E-state index < -0.39 is 11.5 Å². The molecule has 112 valence electrons. The molecule has 0 radical (unpaired) electrons. The largest absolute Gasteiger partial charge is 0.481 e. The molecular formula is C17H21NO3. The van der Waals surface area contributed by atoms with Gasteiger partial charge in [0.15, 0.2) is 0 Å². The van der Waals surface area contributed by atoms with Gasteiger partial charge in [0.2, 0.25) is 0 Å². The van der Waals surface area contributed by atoms with E-state index in [0.29, 0.717) is 6.54 Å². The third kappa shape index (κ3) is 2.55. The average molecular weight is 287 g/mol. The van der Waals surface area contributed by atoms with Gasteiger partial charge in [-0.1, -0.05) is 37.5 Å². The van der Waals surface area contributed by atoms with Crippen LogP contribution in [-0.4, -0.2) is 34.0 Å². The lowest BCUT2D eigenvalue weighted by Gasteiger charge is -2.47. The molecule has 0 spiro atoms. The van der Waals surface area contributed by atoms with Crippen LogP contribution in [0.5, 0.6) is 0 Å². The highest BCUT2D eigenvalue weighted by Crippen LogP contribution is 2.39. The summed E-state index contributed by atoms with van der Waals surface area (Å²) in [5.74, 6) is -0.788. The molecule has 2 aliphatic rings. The van der Waals surface area contributed by atoms with Gasteiger partial charge in [-0.2, -0.15) is 0 Å². The molecule has 4 heteroatoms. The van der Waals surface area contributed by atoms with Crippen molar-refractivity contribution in [1.82, 2.24) is 4.90 Å². The number of carboxylic acids is 1. The van der Waals surface area contributed by atoms with Crippen molar-refractivity contribution < 1.29 is 14.7 Å². The minimum atomic E-state index is -0.802. The van der Waals surface area contributed by atoms with Crippen molar-refractivity contribution in [2.75, 3.05) is 6.54 Å². The molecule has 0 bridgehead atoms. The third-order valence-corrected chi connectivity index (χ3v) is 4.93. The number of nitrogens with zero attached hydrogens (tertiary/aromatic N) is 1. The van der Waals surface area contributed by atoms with E-state index in [1.54, 1.807) is 0 Å². The summed E-state index contributed by atoms with van der Waals surface area (Å²) in [7, 11) is 0. The minimum absolute atomic E-state index is 0.0139. The predicted molar refractivity (Wildman–Crippen MR) is 79.3 cm³/mol. The van der Waals surface area contributed by atoms with Gasteiger partial charge in [0.05, 0.1) is 12.0 Å². The molecule has 1 heterocycles. The van der Waals surface area contributed by atoms with Gasteiger partial charge in [-0.3, -0.25) is 9.59 Å². The van der Waals surface area contributed by atoms with Crippen molar-refractivity contribution in [1.29, 1.82) is 0 Å². The van der Waals surface area contributed by atoms with E-state index in [1.807, 2.05) is 29.2 Å². The molecule has 21 heavy (non-hydrogen) atoms. The summed E-state index contributed by atoms with van der Waals surface area (Å²) in [5.41, 5.74) is 1.36. The predicted octanol–water partition coefficient (Wildman–Crippen LogP) is 2.86. The van der Waals surface area contributed by atoms with Crippen LogP contribution < -0.4 is 0 Å². The summed E-state index contributed by atoms with van der Waals surface area (Å²) in [5, 5.41) is 9.31. The summed E-state index contributed by atoms with van der Waals surface area (Å²) in [6.45, 7) is 0.642. The number of fused-ring (bicyclic) bond motifs is 1. The number of aliphatic carboxylic acids is 1. The average Bonchev–Trinajstić information content (AvgIpc) is 2.48. The van der Waals surface area contributed by atoms with Crippen molar-refractivity contribution in [2.45, 2.75) is 50.5 Å². The standard InChI is InChI=1S/C17H21NO3/c19-15(20)12-17(9-4-1-5-10-17)18-11-8-13-6-2-3-7-14(13)16(18)21/h2-3,6-7H,1,4-5,8-12H2,(H,19,20). The number of hydrogen-bond donors (Lipinski definition) is 1. The van der Waals surface area contributed by atoms with Crippen LogP contribution in [-0.2, 0) is 11.2 Å². The first kappa shape index (κ1) is 14.1. The molecular weight excluding hydrogens is 266 g/mol. The fourth-order valence-corrected chi connectivity index (χ4v) is 3.91. The molecule has 1 aromatic rings. The molecule has 1 saturated carbocycles. The SMILES string of the molecule is O=C(O)CC1(N2CCc3ccccc3C2=O)CCCCC1. The summed E-state index contributed by atoms with van der Waals surface area (Å²) in [4.78, 5) is 26.0. The van der Waals surface area contributed by atoms with Crippen molar-refractivity contribution in [3.63, 3.8) is 0 Å². The second-order valence-electron chi connectivity index (χ2n) is 6.22. The van der Waals surface area contributed by atoms with E-state index >= 15 is 0 Å². The highest BCUT2D eigenvalue weighted by atomic mass is 16.4. The first-order valence-corrected chi connectivity index (χ1v) is 7.74. The first-order valence-electron chi connectivity index (χ1n) is 7.74. The van der Waals surface area contributed by atoms with Crippen LogP contribution in [0.4, 0.5) is 0 Å². The maximum atomic E-state index is 12.8. The molecule has 1 N–H and O–H groups in total. The Morgan fingerprint density at radius 3 is 2.62 bits per heavy atom. The van der Waals surface area contributed by atoms with E-state index in [9.17, 15) is 14.7 Å². The van der Waals surface area contributed by atoms with E-state index in [-0.39, 0.29) is 12.3 Å². The zero-order valence-corrected chi connectivity index (χ0v) is 12.2. The van der Waals surface area contributed by atoms with Crippen LogP contribution in [0.15, 0.2) is 24.3 Å². The van der Waals surface area contributed by atoms with Crippen molar-refractivity contribution >= 4 is 11.9 Å². The maximum absolute atomic E-state index is 12.8. The van der Waals surface area contributed by atoms with Crippen LogP contribution in [0.25, 0.3) is 0 Å². The quantitative estimate of drug-likeness (QED) is 0.930. The highest BCUT2D eigenvalue weighted by molar-refractivity contribution is 5.97. The second-order valence-corrected chi connectivity index (χ2v) is 6.22. The van der Waals surface area contributed by atoms with Gasteiger partial charge in [0.1, 0.15) is 0 Å². The van der Waals surface area contributed by atoms with Gasteiger partial charge in [-0.25, -0.2) is 0 Å². The molecule has 0 saturated heterocycles. The summed E-state index contributed by atoms with van der Waals surface area (Å²) >= 11 is 0. The molecule has 0 aromatic heterocycles. The Bertz CT molecular complexity index is 561. The van der Waals surface area contributed by atoms with Gasteiger partial charge in [0.25, 0.3) is 5.91 Å². The van der Waals surface area contributed by atoms with Crippen LogP contribution in [0.1, 0.15) is 54.4 Å². The number of hydrogen-bond acceptors (Lipinski definition) is 2. The van der Waals surface area contributed by atoms with E-state index in [0.717, 1.165) is 49.7 Å². The topological polar surface area (TPSA) is 57.6 Å². The van der Waals surface area contributed by atoms with Crippen LogP contribution in [0, 0.1) is 0 Å². The monoisotopic (exact) mass is 287 g/mol. The zero-order chi connectivity index (χ0) is 14.9. The Kier molecular flexibility index (Phi) is 3.70. The molecule has 1 aliphatic carbocycles. The third-order valence-electron chi connectivity index (χ3n) is 4.93. The zero-order valence-electron chi connectivity index (χ0n) is 12.2. The van der Waals surface area contributed by atoms with Gasteiger partial charge in [0, 0.05) is 12.1 Å².